The van der Waals surface area contributed by atoms with E-state index >= 15 is 0 Å². The van der Waals surface area contributed by atoms with E-state index in [0.717, 1.165) is 11.1 Å². The number of aromatic nitrogens is 4. The Balaban J connectivity index is 1.45. The van der Waals surface area contributed by atoms with E-state index in [1.165, 1.54) is 18.5 Å². The minimum absolute atomic E-state index is 0.0121. The van der Waals surface area contributed by atoms with Crippen LogP contribution < -0.4 is 25.8 Å². The lowest BCUT2D eigenvalue weighted by atomic mass is 10.1. The molecular weight excluding hydrogens is 465 g/mol. The van der Waals surface area contributed by atoms with Gasteiger partial charge in [0.2, 0.25) is 0 Å². The molecule has 4 N–H and O–H groups in total. The molecule has 186 valence electrons. The van der Waals surface area contributed by atoms with E-state index in [9.17, 15) is 9.18 Å². The summed E-state index contributed by atoms with van der Waals surface area (Å²) >= 11 is 0. The number of nitrogen functional groups attached to an aromatic ring is 1. The second-order valence-electron chi connectivity index (χ2n) is 7.95. The Hall–Kier alpha value is -4.67. The Morgan fingerprint density at radius 2 is 1.92 bits per heavy atom. The van der Waals surface area contributed by atoms with E-state index in [-0.39, 0.29) is 17.9 Å². The molecule has 0 bridgehead atoms. The van der Waals surface area contributed by atoms with Crippen LogP contribution in [-0.4, -0.2) is 39.9 Å². The first-order valence-electron chi connectivity index (χ1n) is 11.0. The monoisotopic (exact) mass is 491 g/mol. The van der Waals surface area contributed by atoms with Gasteiger partial charge in [0, 0.05) is 43.5 Å². The number of benzene rings is 2. The van der Waals surface area contributed by atoms with Crippen LogP contribution in [0.5, 0.6) is 11.5 Å². The van der Waals surface area contributed by atoms with Crippen LogP contribution >= 0.6 is 0 Å². The highest BCUT2D eigenvalue weighted by molar-refractivity contribution is 5.99. The predicted molar refractivity (Wildman–Crippen MR) is 133 cm³/mol. The summed E-state index contributed by atoms with van der Waals surface area (Å²) in [5.41, 5.74) is 9.16. The number of anilines is 2. The van der Waals surface area contributed by atoms with E-state index in [0.29, 0.717) is 35.0 Å². The van der Waals surface area contributed by atoms with E-state index in [2.05, 4.69) is 25.7 Å². The topological polar surface area (TPSA) is 129 Å². The zero-order valence-corrected chi connectivity index (χ0v) is 20.1. The number of carbonyl (C=O) groups is 1. The van der Waals surface area contributed by atoms with Crippen LogP contribution in [0, 0.1) is 5.82 Å². The molecule has 2 aromatic carbocycles. The summed E-state index contributed by atoms with van der Waals surface area (Å²) in [7, 11) is 4.93. The van der Waals surface area contributed by atoms with Crippen molar-refractivity contribution in [3.63, 3.8) is 0 Å². The van der Waals surface area contributed by atoms with Crippen LogP contribution in [0.15, 0.2) is 55.1 Å². The number of amides is 1. The van der Waals surface area contributed by atoms with Gasteiger partial charge >= 0.3 is 0 Å². The molecule has 0 saturated heterocycles. The summed E-state index contributed by atoms with van der Waals surface area (Å²) in [5, 5.41) is 9.97. The molecule has 0 saturated carbocycles. The summed E-state index contributed by atoms with van der Waals surface area (Å²) in [6, 6.07) is 10.0. The number of hydrogen-bond donors (Lipinski definition) is 3. The quantitative estimate of drug-likeness (QED) is 0.326. The number of nitrogens with zero attached hydrogens (tertiary/aromatic N) is 4. The lowest BCUT2D eigenvalue weighted by molar-refractivity contribution is 0.0946. The van der Waals surface area contributed by atoms with Gasteiger partial charge in [-0.2, -0.15) is 5.10 Å². The van der Waals surface area contributed by atoms with Crippen molar-refractivity contribution in [3.8, 4) is 22.6 Å². The molecule has 4 aromatic rings. The smallest absolute Gasteiger partial charge is 0.272 e. The Morgan fingerprint density at radius 3 is 2.64 bits per heavy atom. The molecule has 0 aliphatic heterocycles. The first-order chi connectivity index (χ1) is 17.4. The van der Waals surface area contributed by atoms with Crippen LogP contribution in [0.2, 0.25) is 0 Å². The van der Waals surface area contributed by atoms with Gasteiger partial charge in [-0.25, -0.2) is 14.4 Å². The van der Waals surface area contributed by atoms with Crippen molar-refractivity contribution < 1.29 is 18.7 Å². The van der Waals surface area contributed by atoms with E-state index in [1.807, 2.05) is 12.1 Å². The van der Waals surface area contributed by atoms with Crippen molar-refractivity contribution in [2.24, 2.45) is 7.05 Å². The number of nitrogens with two attached hydrogens (primary N) is 1. The first kappa shape index (κ1) is 24.5. The lowest BCUT2D eigenvalue weighted by Gasteiger charge is -2.14. The molecule has 0 aliphatic rings. The Labute approximate surface area is 207 Å². The van der Waals surface area contributed by atoms with Gasteiger partial charge in [-0.1, -0.05) is 0 Å². The largest absolute Gasteiger partial charge is 0.497 e. The molecule has 0 unspecified atom stereocenters. The molecule has 11 heteroatoms. The number of aryl methyl sites for hydroxylation is 1. The van der Waals surface area contributed by atoms with E-state index < -0.39 is 11.7 Å². The van der Waals surface area contributed by atoms with Crippen LogP contribution in [0.1, 0.15) is 21.6 Å². The van der Waals surface area contributed by atoms with Gasteiger partial charge in [0.05, 0.1) is 20.4 Å². The molecule has 0 atom stereocenters. The fourth-order valence-electron chi connectivity index (χ4n) is 3.65. The molecule has 36 heavy (non-hydrogen) atoms. The summed E-state index contributed by atoms with van der Waals surface area (Å²) in [6.45, 7) is 0.426. The number of carbonyl (C=O) groups excluding carboxylic acids is 1. The van der Waals surface area contributed by atoms with Gasteiger partial charge in [0.15, 0.2) is 11.5 Å². The Morgan fingerprint density at radius 1 is 1.08 bits per heavy atom. The number of halogens is 1. The highest BCUT2D eigenvalue weighted by atomic mass is 19.1. The summed E-state index contributed by atoms with van der Waals surface area (Å²) in [6.07, 6.45) is 4.69. The molecule has 2 aromatic heterocycles. The molecule has 1 amide bonds. The standard InChI is InChI=1S/C25H26FN7O3/c1-33-13-18(12-32-33)17-6-15(7-19(26)8-17)10-29-25(34)23-22(27)24(31-14-30-23)28-11-16-4-5-20(35-2)9-21(16)36-3/h4-9,12-14H,10-11,27H2,1-3H3,(H,29,34)(H,28,30,31). The highest BCUT2D eigenvalue weighted by Gasteiger charge is 2.16. The average Bonchev–Trinajstić information content (AvgIpc) is 3.32. The zero-order valence-electron chi connectivity index (χ0n) is 20.1. The second-order valence-corrected chi connectivity index (χ2v) is 7.95. The van der Waals surface area contributed by atoms with Crippen LogP contribution in [0.3, 0.4) is 0 Å². The van der Waals surface area contributed by atoms with E-state index in [1.54, 1.807) is 50.5 Å². The number of ether oxygens (including phenoxy) is 2. The molecule has 0 aliphatic carbocycles. The van der Waals surface area contributed by atoms with Gasteiger partial charge in [0.1, 0.15) is 29.3 Å². The van der Waals surface area contributed by atoms with Crippen LogP contribution in [-0.2, 0) is 20.1 Å². The maximum absolute atomic E-state index is 14.2. The molecule has 2 heterocycles. The third-order valence-corrected chi connectivity index (χ3v) is 5.49. The van der Waals surface area contributed by atoms with Crippen molar-refractivity contribution in [3.05, 3.63) is 77.8 Å². The third-order valence-electron chi connectivity index (χ3n) is 5.49. The minimum atomic E-state index is -0.507. The van der Waals surface area contributed by atoms with Crippen molar-refractivity contribution in [2.75, 3.05) is 25.3 Å². The maximum Gasteiger partial charge on any atom is 0.272 e. The zero-order chi connectivity index (χ0) is 25.7. The Bertz CT molecular complexity index is 1390. The fourth-order valence-corrected chi connectivity index (χ4v) is 3.65. The predicted octanol–water partition coefficient (Wildman–Crippen LogP) is 3.16. The lowest BCUT2D eigenvalue weighted by Crippen LogP contribution is -2.25. The van der Waals surface area contributed by atoms with Crippen LogP contribution in [0.4, 0.5) is 15.9 Å². The minimum Gasteiger partial charge on any atom is -0.497 e. The number of methoxy groups -OCH3 is 2. The Kier molecular flexibility index (Phi) is 7.28. The summed E-state index contributed by atoms with van der Waals surface area (Å²) < 4.78 is 26.5. The average molecular weight is 492 g/mol. The molecule has 0 radical (unpaired) electrons. The summed E-state index contributed by atoms with van der Waals surface area (Å²) in [5.74, 6) is 0.683. The molecule has 10 nitrogen and oxygen atoms in total. The number of nitrogens with one attached hydrogen (secondary N) is 2. The molecule has 0 spiro atoms. The van der Waals surface area contributed by atoms with Crippen LogP contribution in [0.25, 0.3) is 11.1 Å². The van der Waals surface area contributed by atoms with Gasteiger partial charge in [-0.05, 0) is 41.5 Å². The molecular formula is C25H26FN7O3. The third kappa shape index (κ3) is 5.52. The van der Waals surface area contributed by atoms with Gasteiger partial charge in [-0.3, -0.25) is 9.48 Å². The maximum atomic E-state index is 14.2. The van der Waals surface area contributed by atoms with Gasteiger partial charge < -0.3 is 25.8 Å². The van der Waals surface area contributed by atoms with Crippen molar-refractivity contribution in [2.45, 2.75) is 13.1 Å². The fraction of sp³-hybridized carbons (Fsp3) is 0.200. The molecule has 4 rings (SSSR count). The number of rotatable bonds is 9. The first-order valence-corrected chi connectivity index (χ1v) is 11.0. The van der Waals surface area contributed by atoms with Gasteiger partial charge in [-0.15, -0.1) is 0 Å². The highest BCUT2D eigenvalue weighted by Crippen LogP contribution is 2.26. The van der Waals surface area contributed by atoms with E-state index in [4.69, 9.17) is 15.2 Å². The van der Waals surface area contributed by atoms with Crippen molar-refractivity contribution in [1.29, 1.82) is 0 Å². The normalized spacial score (nSPS) is 10.7. The van der Waals surface area contributed by atoms with Crippen molar-refractivity contribution >= 4 is 17.4 Å². The second kappa shape index (κ2) is 10.7. The SMILES string of the molecule is COc1ccc(CNc2ncnc(C(=O)NCc3cc(F)cc(-c4cnn(C)c4)c3)c2N)c(OC)c1. The molecule has 0 fully saturated rings. The number of hydrogen-bond acceptors (Lipinski definition) is 8. The van der Waals surface area contributed by atoms with Gasteiger partial charge in [0.25, 0.3) is 5.91 Å². The summed E-state index contributed by atoms with van der Waals surface area (Å²) in [4.78, 5) is 21.0. The van der Waals surface area contributed by atoms with Crippen molar-refractivity contribution in [1.82, 2.24) is 25.1 Å².